The van der Waals surface area contributed by atoms with Crippen molar-refractivity contribution in [3.63, 3.8) is 0 Å². The third-order valence-electron chi connectivity index (χ3n) is 3.43. The molecule has 118 valence electrons. The van der Waals surface area contributed by atoms with E-state index in [4.69, 9.17) is 15.2 Å². The van der Waals surface area contributed by atoms with E-state index < -0.39 is 16.8 Å². The van der Waals surface area contributed by atoms with Crippen LogP contribution in [0, 0.1) is 21.4 Å². The zero-order valence-electron chi connectivity index (χ0n) is 12.4. The minimum atomic E-state index is -0.888. The van der Waals surface area contributed by atoms with E-state index in [-0.39, 0.29) is 28.5 Å². The molecule has 0 fully saturated rings. The molecule has 8 nitrogen and oxygen atoms in total. The number of nitro benzene ring substituents is 1. The molecule has 0 unspecified atom stereocenters. The van der Waals surface area contributed by atoms with Gasteiger partial charge >= 0.3 is 5.97 Å². The van der Waals surface area contributed by atoms with Crippen LogP contribution in [0.15, 0.2) is 47.1 Å². The van der Waals surface area contributed by atoms with E-state index in [1.54, 1.807) is 6.07 Å². The number of nitrogens with zero attached hydrogens (tertiary/aromatic N) is 2. The Labute approximate surface area is 131 Å². The standard InChI is InChI=1S/C15H13N3O5/c1-8-12(15(19)22-2)13(11(7-16)14(17)23-8)9-4-3-5-10(6-9)18(20)21/h3-6,13H,17H2,1-2H3/t13-/m0/s1. The molecule has 2 N–H and O–H groups in total. The summed E-state index contributed by atoms with van der Waals surface area (Å²) in [7, 11) is 1.20. The molecule has 0 bridgehead atoms. The average Bonchev–Trinajstić information content (AvgIpc) is 2.53. The van der Waals surface area contributed by atoms with E-state index in [0.717, 1.165) is 0 Å². The molecule has 8 heteroatoms. The number of rotatable bonds is 3. The molecule has 0 saturated carbocycles. The Balaban J connectivity index is 2.68. The van der Waals surface area contributed by atoms with Crippen LogP contribution >= 0.6 is 0 Å². The van der Waals surface area contributed by atoms with Crippen molar-refractivity contribution in [2.75, 3.05) is 7.11 Å². The lowest BCUT2D eigenvalue weighted by Crippen LogP contribution is -2.25. The fourth-order valence-electron chi connectivity index (χ4n) is 2.41. The van der Waals surface area contributed by atoms with Crippen LogP contribution in [0.25, 0.3) is 0 Å². The van der Waals surface area contributed by atoms with Gasteiger partial charge in [-0.05, 0) is 12.5 Å². The quantitative estimate of drug-likeness (QED) is 0.512. The molecule has 0 aliphatic carbocycles. The topological polar surface area (TPSA) is 128 Å². The third-order valence-corrected chi connectivity index (χ3v) is 3.43. The lowest BCUT2D eigenvalue weighted by molar-refractivity contribution is -0.384. The highest BCUT2D eigenvalue weighted by Crippen LogP contribution is 2.40. The number of benzene rings is 1. The number of hydrogen-bond acceptors (Lipinski definition) is 7. The van der Waals surface area contributed by atoms with E-state index in [2.05, 4.69) is 0 Å². The molecule has 1 aliphatic heterocycles. The number of allylic oxidation sites excluding steroid dienone is 2. The van der Waals surface area contributed by atoms with Crippen molar-refractivity contribution in [2.45, 2.75) is 12.8 Å². The lowest BCUT2D eigenvalue weighted by atomic mass is 9.83. The number of carbonyl (C=O) groups is 1. The van der Waals surface area contributed by atoms with Gasteiger partial charge in [0.25, 0.3) is 5.69 Å². The number of ether oxygens (including phenoxy) is 2. The van der Waals surface area contributed by atoms with Crippen molar-refractivity contribution in [1.82, 2.24) is 0 Å². The molecule has 0 amide bonds. The van der Waals surface area contributed by atoms with Gasteiger partial charge in [0.05, 0.1) is 23.5 Å². The molecule has 0 spiro atoms. The maximum absolute atomic E-state index is 12.1. The van der Waals surface area contributed by atoms with Crippen LogP contribution in [0.5, 0.6) is 0 Å². The Bertz CT molecular complexity index is 789. The van der Waals surface area contributed by atoms with Crippen LogP contribution in [0.2, 0.25) is 0 Å². The minimum absolute atomic E-state index is 0.00324. The normalized spacial score (nSPS) is 17.3. The summed E-state index contributed by atoms with van der Waals surface area (Å²) in [6.45, 7) is 1.51. The maximum Gasteiger partial charge on any atom is 0.338 e. The predicted octanol–water partition coefficient (Wildman–Crippen LogP) is 1.85. The summed E-state index contributed by atoms with van der Waals surface area (Å²) in [5.74, 6) is -1.54. The Morgan fingerprint density at radius 1 is 1.52 bits per heavy atom. The second-order valence-electron chi connectivity index (χ2n) is 4.74. The smallest absolute Gasteiger partial charge is 0.338 e. The van der Waals surface area contributed by atoms with Crippen molar-refractivity contribution in [3.05, 3.63) is 62.7 Å². The largest absolute Gasteiger partial charge is 0.466 e. The van der Waals surface area contributed by atoms with Gasteiger partial charge in [-0.25, -0.2) is 4.79 Å². The summed E-state index contributed by atoms with van der Waals surface area (Å²) in [6, 6.07) is 7.55. The molecule has 1 aromatic rings. The molecule has 23 heavy (non-hydrogen) atoms. The number of nitrogens with two attached hydrogens (primary N) is 1. The van der Waals surface area contributed by atoms with E-state index in [0.29, 0.717) is 5.56 Å². The number of nitro groups is 1. The number of non-ortho nitro benzene ring substituents is 1. The van der Waals surface area contributed by atoms with Gasteiger partial charge in [-0.3, -0.25) is 10.1 Å². The molecule has 1 atom stereocenters. The number of carbonyl (C=O) groups excluding carboxylic acids is 1. The highest BCUT2D eigenvalue weighted by molar-refractivity contribution is 5.92. The van der Waals surface area contributed by atoms with Crippen LogP contribution in [0.4, 0.5) is 5.69 Å². The summed E-state index contributed by atoms with van der Waals surface area (Å²) in [5.41, 5.74) is 6.02. The first-order chi connectivity index (χ1) is 10.9. The Hall–Kier alpha value is -3.34. The molecule has 1 aliphatic rings. The fraction of sp³-hybridized carbons (Fsp3) is 0.200. The first-order valence-corrected chi connectivity index (χ1v) is 6.51. The highest BCUT2D eigenvalue weighted by Gasteiger charge is 2.36. The summed E-state index contributed by atoms with van der Waals surface area (Å²) in [4.78, 5) is 22.5. The zero-order chi connectivity index (χ0) is 17.1. The predicted molar refractivity (Wildman–Crippen MR) is 78.5 cm³/mol. The molecule has 1 aromatic carbocycles. The zero-order valence-corrected chi connectivity index (χ0v) is 12.4. The van der Waals surface area contributed by atoms with Gasteiger partial charge in [0, 0.05) is 12.1 Å². The molecular weight excluding hydrogens is 302 g/mol. The summed E-state index contributed by atoms with van der Waals surface area (Å²) < 4.78 is 9.97. The number of esters is 1. The van der Waals surface area contributed by atoms with E-state index in [1.807, 2.05) is 6.07 Å². The minimum Gasteiger partial charge on any atom is -0.466 e. The second kappa shape index (κ2) is 6.19. The molecule has 0 radical (unpaired) electrons. The lowest BCUT2D eigenvalue weighted by Gasteiger charge is -2.26. The van der Waals surface area contributed by atoms with Crippen molar-refractivity contribution >= 4 is 11.7 Å². The first kappa shape index (κ1) is 16.0. The van der Waals surface area contributed by atoms with Crippen LogP contribution in [0.1, 0.15) is 18.4 Å². The maximum atomic E-state index is 12.1. The van der Waals surface area contributed by atoms with Gasteiger partial charge in [-0.2, -0.15) is 5.26 Å². The Morgan fingerprint density at radius 2 is 2.22 bits per heavy atom. The van der Waals surface area contributed by atoms with E-state index in [9.17, 15) is 20.2 Å². The Kier molecular flexibility index (Phi) is 4.32. The van der Waals surface area contributed by atoms with Crippen molar-refractivity contribution in [2.24, 2.45) is 5.73 Å². The van der Waals surface area contributed by atoms with Gasteiger partial charge in [-0.1, -0.05) is 12.1 Å². The van der Waals surface area contributed by atoms with Crippen LogP contribution < -0.4 is 5.73 Å². The second-order valence-corrected chi connectivity index (χ2v) is 4.74. The molecular formula is C15H13N3O5. The molecule has 0 aromatic heterocycles. The van der Waals surface area contributed by atoms with Crippen molar-refractivity contribution in [1.29, 1.82) is 5.26 Å². The monoisotopic (exact) mass is 315 g/mol. The highest BCUT2D eigenvalue weighted by atomic mass is 16.6. The number of methoxy groups -OCH3 is 1. The Morgan fingerprint density at radius 3 is 2.78 bits per heavy atom. The SMILES string of the molecule is COC(=O)C1=C(C)OC(N)=C(C#N)[C@@H]1c1cccc([N+](=O)[O-])c1. The van der Waals surface area contributed by atoms with Gasteiger partial charge < -0.3 is 15.2 Å². The van der Waals surface area contributed by atoms with Gasteiger partial charge in [-0.15, -0.1) is 0 Å². The molecule has 2 rings (SSSR count). The number of hydrogen-bond donors (Lipinski definition) is 1. The van der Waals surface area contributed by atoms with Crippen molar-refractivity contribution in [3.8, 4) is 6.07 Å². The van der Waals surface area contributed by atoms with Crippen LogP contribution in [0.3, 0.4) is 0 Å². The third kappa shape index (κ3) is 2.85. The molecule has 1 heterocycles. The summed E-state index contributed by atoms with van der Waals surface area (Å²) >= 11 is 0. The summed E-state index contributed by atoms with van der Waals surface area (Å²) in [5, 5.41) is 20.3. The van der Waals surface area contributed by atoms with Crippen LogP contribution in [-0.2, 0) is 14.3 Å². The van der Waals surface area contributed by atoms with E-state index >= 15 is 0 Å². The van der Waals surface area contributed by atoms with Gasteiger partial charge in [0.2, 0.25) is 5.88 Å². The first-order valence-electron chi connectivity index (χ1n) is 6.51. The van der Waals surface area contributed by atoms with Gasteiger partial charge in [0.1, 0.15) is 17.4 Å². The van der Waals surface area contributed by atoms with Crippen LogP contribution in [-0.4, -0.2) is 18.0 Å². The number of nitriles is 1. The molecule has 0 saturated heterocycles. The van der Waals surface area contributed by atoms with Gasteiger partial charge in [0.15, 0.2) is 0 Å². The fourth-order valence-corrected chi connectivity index (χ4v) is 2.41. The van der Waals surface area contributed by atoms with E-state index in [1.165, 1.54) is 32.2 Å². The van der Waals surface area contributed by atoms with Crippen molar-refractivity contribution < 1.29 is 19.2 Å². The average molecular weight is 315 g/mol. The summed E-state index contributed by atoms with van der Waals surface area (Å²) in [6.07, 6.45) is 0.